The lowest BCUT2D eigenvalue weighted by Crippen LogP contribution is -2.18. The second-order valence-corrected chi connectivity index (χ2v) is 5.26. The molecule has 1 amide bonds. The van der Waals surface area contributed by atoms with Crippen molar-refractivity contribution in [2.45, 2.75) is 13.8 Å². The zero-order valence-electron chi connectivity index (χ0n) is 11.0. The Balaban J connectivity index is 2.33. The number of nitrogens with one attached hydrogen (secondary N) is 1. The molecule has 0 spiro atoms. The molecule has 0 radical (unpaired) electrons. The Labute approximate surface area is 119 Å². The summed E-state index contributed by atoms with van der Waals surface area (Å²) in [5, 5.41) is 6.97. The Morgan fingerprint density at radius 2 is 2.11 bits per heavy atom. The molecule has 100 valence electrons. The van der Waals surface area contributed by atoms with Crippen LogP contribution in [0.25, 0.3) is 0 Å². The van der Waals surface area contributed by atoms with Gasteiger partial charge in [0, 0.05) is 11.5 Å². The number of aromatic nitrogens is 2. The van der Waals surface area contributed by atoms with Crippen LogP contribution in [0.3, 0.4) is 0 Å². The van der Waals surface area contributed by atoms with Crippen molar-refractivity contribution >= 4 is 33.2 Å². The van der Waals surface area contributed by atoms with Gasteiger partial charge in [-0.25, -0.2) is 0 Å². The summed E-state index contributed by atoms with van der Waals surface area (Å²) >= 11 is 3.41. The van der Waals surface area contributed by atoms with Crippen LogP contribution in [-0.2, 0) is 7.05 Å². The average molecular weight is 323 g/mol. The smallest absolute Gasteiger partial charge is 0.276 e. The number of rotatable bonds is 2. The van der Waals surface area contributed by atoms with Crippen LogP contribution in [0.1, 0.15) is 21.7 Å². The molecule has 3 N–H and O–H groups in total. The summed E-state index contributed by atoms with van der Waals surface area (Å²) in [5.41, 5.74) is 9.07. The summed E-state index contributed by atoms with van der Waals surface area (Å²) < 4.78 is 2.31. The van der Waals surface area contributed by atoms with Crippen LogP contribution in [0.5, 0.6) is 0 Å². The van der Waals surface area contributed by atoms with Crippen molar-refractivity contribution in [2.75, 3.05) is 11.1 Å². The molecule has 1 aromatic heterocycles. The van der Waals surface area contributed by atoms with Crippen molar-refractivity contribution in [1.82, 2.24) is 9.78 Å². The first-order chi connectivity index (χ1) is 8.90. The van der Waals surface area contributed by atoms with Crippen molar-refractivity contribution in [3.8, 4) is 0 Å². The van der Waals surface area contributed by atoms with E-state index in [1.165, 1.54) is 4.68 Å². The van der Waals surface area contributed by atoms with Crippen molar-refractivity contribution in [2.24, 2.45) is 7.05 Å². The predicted molar refractivity (Wildman–Crippen MR) is 79.2 cm³/mol. The van der Waals surface area contributed by atoms with Gasteiger partial charge in [-0.15, -0.1) is 0 Å². The van der Waals surface area contributed by atoms with E-state index in [2.05, 4.69) is 26.3 Å². The number of carbonyl (C=O) groups is 1. The lowest BCUT2D eigenvalue weighted by molar-refractivity contribution is 0.101. The Morgan fingerprint density at radius 3 is 2.68 bits per heavy atom. The number of aryl methyl sites for hydroxylation is 3. The van der Waals surface area contributed by atoms with Gasteiger partial charge in [-0.2, -0.15) is 5.10 Å². The summed E-state index contributed by atoms with van der Waals surface area (Å²) in [6, 6.07) is 5.74. The fraction of sp³-hybridized carbons (Fsp3) is 0.231. The van der Waals surface area contributed by atoms with E-state index in [9.17, 15) is 4.79 Å². The first kappa shape index (κ1) is 13.6. The van der Waals surface area contributed by atoms with E-state index in [1.807, 2.05) is 25.1 Å². The molecule has 0 saturated heterocycles. The van der Waals surface area contributed by atoms with E-state index in [4.69, 9.17) is 5.73 Å². The van der Waals surface area contributed by atoms with Gasteiger partial charge in [-0.1, -0.05) is 6.07 Å². The van der Waals surface area contributed by atoms with Gasteiger partial charge in [0.2, 0.25) is 0 Å². The van der Waals surface area contributed by atoms with Crippen LogP contribution in [0.15, 0.2) is 22.7 Å². The fourth-order valence-corrected chi connectivity index (χ4v) is 2.21. The van der Waals surface area contributed by atoms with E-state index >= 15 is 0 Å². The third-order valence-corrected chi connectivity index (χ3v) is 3.55. The number of benzene rings is 1. The first-order valence-corrected chi connectivity index (χ1v) is 6.56. The average Bonchev–Trinajstić information content (AvgIpc) is 2.58. The maximum Gasteiger partial charge on any atom is 0.276 e. The van der Waals surface area contributed by atoms with Crippen LogP contribution in [0.4, 0.5) is 11.4 Å². The fourth-order valence-electron chi connectivity index (χ4n) is 1.86. The van der Waals surface area contributed by atoms with Gasteiger partial charge >= 0.3 is 0 Å². The van der Waals surface area contributed by atoms with E-state index in [0.29, 0.717) is 22.8 Å². The minimum Gasteiger partial charge on any atom is -0.395 e. The van der Waals surface area contributed by atoms with Crippen molar-refractivity contribution in [3.05, 3.63) is 39.6 Å². The first-order valence-electron chi connectivity index (χ1n) is 5.76. The molecule has 19 heavy (non-hydrogen) atoms. The van der Waals surface area contributed by atoms with Gasteiger partial charge < -0.3 is 11.1 Å². The molecule has 2 rings (SSSR count). The molecule has 0 aliphatic carbocycles. The number of halogens is 1. The zero-order chi connectivity index (χ0) is 14.2. The standard InChI is InChI=1S/C13H15BrN4O/c1-7-4-5-9(14)10(6-7)16-13(19)12-11(15)8(2)17-18(12)3/h4-6H,15H2,1-3H3,(H,16,19). The van der Waals surface area contributed by atoms with Gasteiger partial charge in [0.05, 0.1) is 17.1 Å². The van der Waals surface area contributed by atoms with Crippen molar-refractivity contribution in [3.63, 3.8) is 0 Å². The van der Waals surface area contributed by atoms with E-state index in [1.54, 1.807) is 14.0 Å². The van der Waals surface area contributed by atoms with Gasteiger partial charge in [-0.05, 0) is 47.5 Å². The minimum absolute atomic E-state index is 0.271. The van der Waals surface area contributed by atoms with Gasteiger partial charge in [0.15, 0.2) is 0 Å². The number of hydrogen-bond donors (Lipinski definition) is 2. The van der Waals surface area contributed by atoms with Gasteiger partial charge in [-0.3, -0.25) is 9.48 Å². The number of hydrogen-bond acceptors (Lipinski definition) is 3. The highest BCUT2D eigenvalue weighted by Gasteiger charge is 2.18. The lowest BCUT2D eigenvalue weighted by Gasteiger charge is -2.09. The normalized spacial score (nSPS) is 10.5. The number of nitrogens with zero attached hydrogens (tertiary/aromatic N) is 2. The van der Waals surface area contributed by atoms with E-state index in [-0.39, 0.29) is 5.91 Å². The Bertz CT molecular complexity index is 648. The van der Waals surface area contributed by atoms with Crippen LogP contribution in [-0.4, -0.2) is 15.7 Å². The van der Waals surface area contributed by atoms with Crippen molar-refractivity contribution < 1.29 is 4.79 Å². The third-order valence-electron chi connectivity index (χ3n) is 2.85. The van der Waals surface area contributed by atoms with E-state index in [0.717, 1.165) is 10.0 Å². The monoisotopic (exact) mass is 322 g/mol. The Morgan fingerprint density at radius 1 is 1.42 bits per heavy atom. The molecule has 0 atom stereocenters. The molecule has 0 aliphatic rings. The molecule has 0 aliphatic heterocycles. The maximum atomic E-state index is 12.3. The second-order valence-electron chi connectivity index (χ2n) is 4.41. The number of anilines is 2. The predicted octanol–water partition coefficient (Wildman–Crippen LogP) is 2.63. The molecular weight excluding hydrogens is 308 g/mol. The summed E-state index contributed by atoms with van der Waals surface area (Å²) in [7, 11) is 1.70. The molecule has 2 aromatic rings. The van der Waals surface area contributed by atoms with Crippen LogP contribution >= 0.6 is 15.9 Å². The summed E-state index contributed by atoms with van der Waals surface area (Å²) in [4.78, 5) is 12.3. The molecule has 1 aromatic carbocycles. The minimum atomic E-state index is -0.271. The summed E-state index contributed by atoms with van der Waals surface area (Å²) in [5.74, 6) is -0.271. The zero-order valence-corrected chi connectivity index (χ0v) is 12.6. The second kappa shape index (κ2) is 5.05. The highest BCUT2D eigenvalue weighted by atomic mass is 79.9. The molecule has 0 saturated carbocycles. The number of carbonyl (C=O) groups excluding carboxylic acids is 1. The number of amides is 1. The molecular formula is C13H15BrN4O. The molecule has 0 fully saturated rings. The molecule has 6 heteroatoms. The lowest BCUT2D eigenvalue weighted by atomic mass is 10.2. The maximum absolute atomic E-state index is 12.3. The number of nitrogens with two attached hydrogens (primary N) is 1. The SMILES string of the molecule is Cc1ccc(Br)c(NC(=O)c2c(N)c(C)nn2C)c1. The summed E-state index contributed by atoms with van der Waals surface area (Å²) in [6.45, 7) is 3.74. The van der Waals surface area contributed by atoms with Gasteiger partial charge in [0.1, 0.15) is 5.69 Å². The molecule has 1 heterocycles. The van der Waals surface area contributed by atoms with Crippen LogP contribution in [0.2, 0.25) is 0 Å². The Hall–Kier alpha value is -1.82. The van der Waals surface area contributed by atoms with Gasteiger partial charge in [0.25, 0.3) is 5.91 Å². The van der Waals surface area contributed by atoms with Crippen molar-refractivity contribution in [1.29, 1.82) is 0 Å². The van der Waals surface area contributed by atoms with Crippen LogP contribution < -0.4 is 11.1 Å². The van der Waals surface area contributed by atoms with E-state index < -0.39 is 0 Å². The highest BCUT2D eigenvalue weighted by molar-refractivity contribution is 9.10. The van der Waals surface area contributed by atoms with Crippen LogP contribution in [0, 0.1) is 13.8 Å². The number of nitrogen functional groups attached to an aromatic ring is 1. The topological polar surface area (TPSA) is 72.9 Å². The Kier molecular flexibility index (Phi) is 3.61. The molecule has 0 unspecified atom stereocenters. The summed E-state index contributed by atoms with van der Waals surface area (Å²) in [6.07, 6.45) is 0. The third kappa shape index (κ3) is 2.63. The molecule has 5 nitrogen and oxygen atoms in total. The molecule has 0 bridgehead atoms. The highest BCUT2D eigenvalue weighted by Crippen LogP contribution is 2.25. The largest absolute Gasteiger partial charge is 0.395 e. The quantitative estimate of drug-likeness (QED) is 0.892.